The lowest BCUT2D eigenvalue weighted by Gasteiger charge is -2.34. The van der Waals surface area contributed by atoms with Crippen molar-refractivity contribution >= 4 is 34.8 Å². The first-order valence-electron chi connectivity index (χ1n) is 14.2. The summed E-state index contributed by atoms with van der Waals surface area (Å²) < 4.78 is 0. The molecular formula is C30H42N8O2. The van der Waals surface area contributed by atoms with Crippen molar-refractivity contribution in [1.82, 2.24) is 20.2 Å². The van der Waals surface area contributed by atoms with E-state index in [0.717, 1.165) is 43.9 Å². The SMILES string of the molecule is C=CCNC(=O)c1cnc(Nc2ccc(N3CCN(C)CC3)cc2)nc1NC1CC=C2CCC(C)(O)C2=N1.CC. The molecule has 2 unspecified atom stereocenters. The van der Waals surface area contributed by atoms with E-state index < -0.39 is 5.60 Å². The second-order valence-electron chi connectivity index (χ2n) is 10.3. The zero-order valence-electron chi connectivity index (χ0n) is 24.1. The number of hydrogen-bond acceptors (Lipinski definition) is 9. The standard InChI is InChI=1S/C28H36N8O2.C2H6/c1-4-13-29-26(37)22-18-30-27(31-20-6-8-21(9-7-20)36-16-14-35(3)15-17-36)34-25(22)33-23-10-5-19-11-12-28(2,38)24(19)32-23;1-2/h4-9,18,23,38H,1,10-17H2,2-3H3,(H,29,37)(H2,30,31,33,34);1-2H3. The number of amides is 1. The maximum absolute atomic E-state index is 12.8. The molecule has 0 bridgehead atoms. The van der Waals surface area contributed by atoms with E-state index >= 15 is 0 Å². The van der Waals surface area contributed by atoms with Crippen LogP contribution in [-0.4, -0.2) is 83.1 Å². The molecule has 3 aliphatic rings. The van der Waals surface area contributed by atoms with Gasteiger partial charge in [-0.3, -0.25) is 9.79 Å². The Morgan fingerprint density at radius 1 is 1.20 bits per heavy atom. The van der Waals surface area contributed by atoms with E-state index in [1.807, 2.05) is 26.0 Å². The molecule has 0 spiro atoms. The average Bonchev–Trinajstić information content (AvgIpc) is 3.27. The molecule has 4 N–H and O–H groups in total. The van der Waals surface area contributed by atoms with Crippen molar-refractivity contribution in [2.24, 2.45) is 4.99 Å². The highest BCUT2D eigenvalue weighted by Gasteiger charge is 2.38. The summed E-state index contributed by atoms with van der Waals surface area (Å²) in [6.07, 6.45) is 7.02. The van der Waals surface area contributed by atoms with Crippen molar-refractivity contribution in [1.29, 1.82) is 0 Å². The van der Waals surface area contributed by atoms with Crippen molar-refractivity contribution in [3.8, 4) is 0 Å². The molecule has 10 heteroatoms. The van der Waals surface area contributed by atoms with Crippen molar-refractivity contribution in [3.05, 3.63) is 60.3 Å². The molecule has 2 atom stereocenters. The molecule has 1 aromatic heterocycles. The summed E-state index contributed by atoms with van der Waals surface area (Å²) in [6, 6.07) is 8.21. The molecule has 2 aromatic rings. The van der Waals surface area contributed by atoms with Gasteiger partial charge in [-0.15, -0.1) is 6.58 Å². The Kier molecular flexibility index (Phi) is 9.54. The molecule has 5 rings (SSSR count). The topological polar surface area (TPSA) is 118 Å². The maximum Gasteiger partial charge on any atom is 0.256 e. The van der Waals surface area contributed by atoms with E-state index in [9.17, 15) is 9.90 Å². The van der Waals surface area contributed by atoms with E-state index in [-0.39, 0.29) is 12.1 Å². The third-order valence-corrected chi connectivity index (χ3v) is 7.30. The smallest absolute Gasteiger partial charge is 0.256 e. The van der Waals surface area contributed by atoms with Crippen LogP contribution in [-0.2, 0) is 0 Å². The number of aliphatic imine (C=N–C) groups is 1. The fourth-order valence-corrected chi connectivity index (χ4v) is 5.02. The van der Waals surface area contributed by atoms with Crippen molar-refractivity contribution in [3.63, 3.8) is 0 Å². The molecule has 1 saturated heterocycles. The molecule has 1 saturated carbocycles. The number of benzene rings is 1. The molecule has 1 amide bonds. The summed E-state index contributed by atoms with van der Waals surface area (Å²) in [5.41, 5.74) is 3.23. The van der Waals surface area contributed by atoms with Gasteiger partial charge in [0, 0.05) is 56.7 Å². The van der Waals surface area contributed by atoms with Gasteiger partial charge in [0.2, 0.25) is 5.95 Å². The molecule has 2 aliphatic heterocycles. The van der Waals surface area contributed by atoms with Crippen LogP contribution in [0.2, 0.25) is 0 Å². The van der Waals surface area contributed by atoms with Crippen molar-refractivity contribution in [2.75, 3.05) is 55.3 Å². The van der Waals surface area contributed by atoms with Gasteiger partial charge in [-0.25, -0.2) is 4.98 Å². The minimum Gasteiger partial charge on any atom is -0.384 e. The molecule has 2 fully saturated rings. The first kappa shape index (κ1) is 29.2. The molecule has 214 valence electrons. The minimum absolute atomic E-state index is 0.303. The van der Waals surface area contributed by atoms with Gasteiger partial charge in [0.1, 0.15) is 23.1 Å². The van der Waals surface area contributed by atoms with Gasteiger partial charge < -0.3 is 30.9 Å². The van der Waals surface area contributed by atoms with Gasteiger partial charge in [0.15, 0.2) is 0 Å². The highest BCUT2D eigenvalue weighted by atomic mass is 16.3. The lowest BCUT2D eigenvalue weighted by Crippen LogP contribution is -2.44. The Hall–Kier alpha value is -3.76. The lowest BCUT2D eigenvalue weighted by molar-refractivity contribution is 0.0958. The van der Waals surface area contributed by atoms with Crippen LogP contribution in [0.5, 0.6) is 0 Å². The summed E-state index contributed by atoms with van der Waals surface area (Å²) in [5, 5.41) is 20.1. The minimum atomic E-state index is -0.939. The quantitative estimate of drug-likeness (QED) is 0.368. The van der Waals surface area contributed by atoms with Crippen LogP contribution in [0.1, 0.15) is 50.4 Å². The summed E-state index contributed by atoms with van der Waals surface area (Å²) in [7, 11) is 2.15. The fraction of sp³-hybridized carbons (Fsp3) is 0.467. The second kappa shape index (κ2) is 13.1. The van der Waals surface area contributed by atoms with Crippen LogP contribution >= 0.6 is 0 Å². The van der Waals surface area contributed by atoms with E-state index in [1.165, 1.54) is 11.9 Å². The fourth-order valence-electron chi connectivity index (χ4n) is 5.02. The number of likely N-dealkylation sites (N-methyl/N-ethyl adjacent to an activating group) is 1. The molecule has 1 aliphatic carbocycles. The number of nitrogens with one attached hydrogen (secondary N) is 3. The number of hydrogen-bond donors (Lipinski definition) is 4. The van der Waals surface area contributed by atoms with E-state index in [1.54, 1.807) is 13.0 Å². The zero-order valence-corrected chi connectivity index (χ0v) is 24.1. The molecule has 10 nitrogen and oxygen atoms in total. The number of nitrogens with zero attached hydrogens (tertiary/aromatic N) is 5. The predicted octanol–water partition coefficient (Wildman–Crippen LogP) is 3.97. The van der Waals surface area contributed by atoms with E-state index in [2.05, 4.69) is 67.6 Å². The first-order valence-corrected chi connectivity index (χ1v) is 14.2. The van der Waals surface area contributed by atoms with Gasteiger partial charge in [-0.1, -0.05) is 26.0 Å². The van der Waals surface area contributed by atoms with Crippen LogP contribution in [0.15, 0.2) is 59.8 Å². The number of aromatic nitrogens is 2. The number of fused-ring (bicyclic) bond motifs is 1. The van der Waals surface area contributed by atoms with Crippen molar-refractivity contribution in [2.45, 2.75) is 51.8 Å². The monoisotopic (exact) mass is 546 g/mol. The molecule has 3 heterocycles. The largest absolute Gasteiger partial charge is 0.384 e. The van der Waals surface area contributed by atoms with Crippen LogP contribution in [0.25, 0.3) is 0 Å². The summed E-state index contributed by atoms with van der Waals surface area (Å²) in [6.45, 7) is 13.9. The third kappa shape index (κ3) is 6.86. The normalized spacial score (nSPS) is 22.2. The number of dihydropyridines is 1. The third-order valence-electron chi connectivity index (χ3n) is 7.30. The predicted molar refractivity (Wildman–Crippen MR) is 163 cm³/mol. The van der Waals surface area contributed by atoms with Gasteiger partial charge in [-0.2, -0.15) is 4.98 Å². The molecular weight excluding hydrogens is 504 g/mol. The Morgan fingerprint density at radius 2 is 1.93 bits per heavy atom. The van der Waals surface area contributed by atoms with Gasteiger partial charge in [0.25, 0.3) is 5.91 Å². The van der Waals surface area contributed by atoms with Crippen LogP contribution in [0.3, 0.4) is 0 Å². The maximum atomic E-state index is 12.8. The summed E-state index contributed by atoms with van der Waals surface area (Å²) in [5.74, 6) is 0.442. The number of piperazine rings is 1. The van der Waals surface area contributed by atoms with E-state index in [0.29, 0.717) is 42.4 Å². The van der Waals surface area contributed by atoms with Crippen LogP contribution in [0, 0.1) is 0 Å². The van der Waals surface area contributed by atoms with Gasteiger partial charge >= 0.3 is 0 Å². The molecule has 1 aromatic carbocycles. The Balaban J connectivity index is 0.00000181. The average molecular weight is 547 g/mol. The summed E-state index contributed by atoms with van der Waals surface area (Å²) >= 11 is 0. The van der Waals surface area contributed by atoms with Crippen LogP contribution in [0.4, 0.5) is 23.1 Å². The number of carbonyl (C=O) groups is 1. The van der Waals surface area contributed by atoms with Crippen LogP contribution < -0.4 is 20.9 Å². The van der Waals surface area contributed by atoms with Gasteiger partial charge in [0.05, 0.1) is 5.71 Å². The molecule has 0 radical (unpaired) electrons. The highest BCUT2D eigenvalue weighted by Crippen LogP contribution is 2.35. The van der Waals surface area contributed by atoms with Crippen molar-refractivity contribution < 1.29 is 9.90 Å². The Bertz CT molecular complexity index is 1250. The number of anilines is 4. The second-order valence-corrected chi connectivity index (χ2v) is 10.3. The lowest BCUT2D eigenvalue weighted by atomic mass is 10.00. The van der Waals surface area contributed by atoms with E-state index in [4.69, 9.17) is 4.99 Å². The first-order chi connectivity index (χ1) is 19.3. The Morgan fingerprint density at radius 3 is 2.62 bits per heavy atom. The number of carbonyl (C=O) groups excluding carboxylic acids is 1. The number of rotatable bonds is 8. The molecule has 40 heavy (non-hydrogen) atoms. The highest BCUT2D eigenvalue weighted by molar-refractivity contribution is 6.08. The summed E-state index contributed by atoms with van der Waals surface area (Å²) in [4.78, 5) is 31.4. The zero-order chi connectivity index (χ0) is 28.7. The Labute approximate surface area is 237 Å². The number of aliphatic hydroxyl groups is 1. The van der Waals surface area contributed by atoms with Gasteiger partial charge in [-0.05, 0) is 56.7 Å².